The van der Waals surface area contributed by atoms with E-state index in [0.29, 0.717) is 11.3 Å². The molecule has 33 heavy (non-hydrogen) atoms. The Morgan fingerprint density at radius 2 is 1.82 bits per heavy atom. The van der Waals surface area contributed by atoms with E-state index in [1.165, 1.54) is 44.6 Å². The Balaban J connectivity index is 1.97. The van der Waals surface area contributed by atoms with Gasteiger partial charge < -0.3 is 14.6 Å². The van der Waals surface area contributed by atoms with Crippen molar-refractivity contribution in [3.8, 4) is 17.2 Å². The molecule has 1 aliphatic carbocycles. The number of rotatable bonds is 5. The van der Waals surface area contributed by atoms with Gasteiger partial charge in [-0.1, -0.05) is 18.7 Å². The highest BCUT2D eigenvalue weighted by Crippen LogP contribution is 2.62. The van der Waals surface area contributed by atoms with Crippen molar-refractivity contribution in [2.24, 2.45) is 0 Å². The van der Waals surface area contributed by atoms with Crippen LogP contribution in [0.3, 0.4) is 0 Å². The topological polar surface area (TPSA) is 76.1 Å². The SMILES string of the molecule is C=CC1=CCC2(Cl)C(=O)N(c3ccc(F)cc3)C(=O)C2(Cl)C1c1c(O)cc(OC)cc1OC. The van der Waals surface area contributed by atoms with Crippen molar-refractivity contribution in [1.29, 1.82) is 0 Å². The minimum atomic E-state index is -2.04. The summed E-state index contributed by atoms with van der Waals surface area (Å²) in [5.74, 6) is -2.92. The number of hydrogen-bond donors (Lipinski definition) is 1. The minimum Gasteiger partial charge on any atom is -0.507 e. The van der Waals surface area contributed by atoms with E-state index in [1.54, 1.807) is 6.08 Å². The van der Waals surface area contributed by atoms with E-state index >= 15 is 0 Å². The third kappa shape index (κ3) is 3.14. The molecular formula is C24H20Cl2FNO5. The first-order valence-corrected chi connectivity index (χ1v) is 10.7. The largest absolute Gasteiger partial charge is 0.507 e. The molecule has 2 aliphatic rings. The zero-order valence-corrected chi connectivity index (χ0v) is 19.3. The van der Waals surface area contributed by atoms with Crippen molar-refractivity contribution in [3.05, 3.63) is 72.1 Å². The number of fused-ring (bicyclic) bond motifs is 1. The molecule has 0 aromatic heterocycles. The van der Waals surface area contributed by atoms with Crippen LogP contribution in [-0.2, 0) is 9.59 Å². The number of phenolic OH excluding ortho intramolecular Hbond substituents is 1. The summed E-state index contributed by atoms with van der Waals surface area (Å²) in [5, 5.41) is 10.9. The van der Waals surface area contributed by atoms with Crippen LogP contribution in [0.4, 0.5) is 10.1 Å². The molecule has 172 valence electrons. The van der Waals surface area contributed by atoms with Gasteiger partial charge in [0.25, 0.3) is 11.8 Å². The molecule has 2 aromatic carbocycles. The molecule has 0 radical (unpaired) electrons. The van der Waals surface area contributed by atoms with E-state index in [9.17, 15) is 19.1 Å². The van der Waals surface area contributed by atoms with Crippen LogP contribution in [-0.4, -0.2) is 40.9 Å². The smallest absolute Gasteiger partial charge is 0.258 e. The monoisotopic (exact) mass is 491 g/mol. The summed E-state index contributed by atoms with van der Waals surface area (Å²) in [4.78, 5) is 24.3. The van der Waals surface area contributed by atoms with Crippen molar-refractivity contribution in [1.82, 2.24) is 0 Å². The van der Waals surface area contributed by atoms with Crippen LogP contribution in [0.1, 0.15) is 17.9 Å². The number of allylic oxidation sites excluding steroid dienone is 3. The molecule has 0 saturated carbocycles. The fraction of sp³-hybridized carbons (Fsp3) is 0.250. The number of phenols is 1. The Labute approximate surface area is 199 Å². The van der Waals surface area contributed by atoms with Crippen molar-refractivity contribution in [2.45, 2.75) is 22.1 Å². The number of carbonyl (C=O) groups excluding carboxylic acids is 2. The molecule has 1 N–H and O–H groups in total. The molecular weight excluding hydrogens is 472 g/mol. The molecule has 1 heterocycles. The maximum absolute atomic E-state index is 13.8. The molecule has 4 rings (SSSR count). The quantitative estimate of drug-likeness (QED) is 0.485. The molecule has 3 atom stereocenters. The number of nitrogens with zero attached hydrogens (tertiary/aromatic N) is 1. The third-order valence-corrected chi connectivity index (χ3v) is 7.56. The Hall–Kier alpha value is -3.03. The predicted octanol–water partition coefficient (Wildman–Crippen LogP) is 4.68. The van der Waals surface area contributed by atoms with Gasteiger partial charge in [-0.3, -0.25) is 9.59 Å². The Morgan fingerprint density at radius 1 is 1.15 bits per heavy atom. The number of ether oxygens (including phenoxy) is 2. The molecule has 0 bridgehead atoms. The lowest BCUT2D eigenvalue weighted by Gasteiger charge is -2.42. The number of anilines is 1. The summed E-state index contributed by atoms with van der Waals surface area (Å²) in [5.41, 5.74) is 0.777. The number of amides is 2. The van der Waals surface area contributed by atoms with Gasteiger partial charge in [-0.2, -0.15) is 0 Å². The highest BCUT2D eigenvalue weighted by molar-refractivity contribution is 6.58. The summed E-state index contributed by atoms with van der Waals surface area (Å²) in [7, 11) is 2.81. The fourth-order valence-electron chi connectivity index (χ4n) is 4.51. The summed E-state index contributed by atoms with van der Waals surface area (Å²) in [6.45, 7) is 3.81. The van der Waals surface area contributed by atoms with E-state index < -0.39 is 33.3 Å². The maximum Gasteiger partial charge on any atom is 0.258 e. The van der Waals surface area contributed by atoms with Crippen LogP contribution in [0.5, 0.6) is 17.2 Å². The van der Waals surface area contributed by atoms with Gasteiger partial charge in [-0.15, -0.1) is 23.2 Å². The van der Waals surface area contributed by atoms with Crippen LogP contribution in [0.2, 0.25) is 0 Å². The minimum absolute atomic E-state index is 0.0581. The summed E-state index contributed by atoms with van der Waals surface area (Å²) < 4.78 is 24.1. The summed E-state index contributed by atoms with van der Waals surface area (Å²) in [6, 6.07) is 7.73. The molecule has 0 spiro atoms. The lowest BCUT2D eigenvalue weighted by molar-refractivity contribution is -0.122. The second-order valence-electron chi connectivity index (χ2n) is 7.74. The Bertz CT molecular complexity index is 1200. The van der Waals surface area contributed by atoms with Crippen LogP contribution in [0.25, 0.3) is 0 Å². The van der Waals surface area contributed by atoms with E-state index in [-0.39, 0.29) is 29.2 Å². The lowest BCUT2D eigenvalue weighted by atomic mass is 9.68. The Kier molecular flexibility index (Phi) is 5.66. The van der Waals surface area contributed by atoms with Gasteiger partial charge in [0.1, 0.15) is 23.1 Å². The van der Waals surface area contributed by atoms with Crippen LogP contribution < -0.4 is 14.4 Å². The zero-order chi connectivity index (χ0) is 24.1. The number of hydrogen-bond acceptors (Lipinski definition) is 5. The third-order valence-electron chi connectivity index (χ3n) is 6.14. The van der Waals surface area contributed by atoms with Crippen molar-refractivity contribution < 1.29 is 28.6 Å². The van der Waals surface area contributed by atoms with Crippen LogP contribution >= 0.6 is 23.2 Å². The highest BCUT2D eigenvalue weighted by atomic mass is 35.5. The van der Waals surface area contributed by atoms with E-state index in [0.717, 1.165) is 17.0 Å². The van der Waals surface area contributed by atoms with E-state index in [1.807, 2.05) is 0 Å². The van der Waals surface area contributed by atoms with E-state index in [2.05, 4.69) is 6.58 Å². The summed E-state index contributed by atoms with van der Waals surface area (Å²) in [6.07, 6.45) is 3.10. The second kappa shape index (κ2) is 8.08. The van der Waals surface area contributed by atoms with Gasteiger partial charge >= 0.3 is 0 Å². The van der Waals surface area contributed by atoms with Gasteiger partial charge in [0, 0.05) is 23.6 Å². The highest BCUT2D eigenvalue weighted by Gasteiger charge is 2.73. The number of alkyl halides is 2. The van der Waals surface area contributed by atoms with Crippen molar-refractivity contribution in [2.75, 3.05) is 19.1 Å². The van der Waals surface area contributed by atoms with Gasteiger partial charge in [-0.25, -0.2) is 9.29 Å². The molecule has 1 aliphatic heterocycles. The van der Waals surface area contributed by atoms with Crippen molar-refractivity contribution in [3.63, 3.8) is 0 Å². The maximum atomic E-state index is 13.8. The van der Waals surface area contributed by atoms with Gasteiger partial charge in [0.15, 0.2) is 9.75 Å². The Morgan fingerprint density at radius 3 is 2.39 bits per heavy atom. The first-order chi connectivity index (χ1) is 15.6. The first-order valence-electron chi connectivity index (χ1n) is 9.93. The summed E-state index contributed by atoms with van der Waals surface area (Å²) >= 11 is 13.9. The molecule has 1 saturated heterocycles. The number of benzene rings is 2. The van der Waals surface area contributed by atoms with Crippen LogP contribution in [0.15, 0.2) is 60.7 Å². The number of halogens is 3. The second-order valence-corrected chi connectivity index (χ2v) is 8.98. The molecule has 6 nitrogen and oxygen atoms in total. The number of aromatic hydroxyl groups is 1. The lowest BCUT2D eigenvalue weighted by Crippen LogP contribution is -2.55. The van der Waals surface area contributed by atoms with Crippen molar-refractivity contribution >= 4 is 40.7 Å². The first kappa shape index (κ1) is 23.1. The van der Waals surface area contributed by atoms with Gasteiger partial charge in [0.2, 0.25) is 0 Å². The molecule has 2 amide bonds. The number of carbonyl (C=O) groups is 2. The molecule has 2 aromatic rings. The standard InChI is InChI=1S/C24H20Cl2FNO5/c1-4-13-9-10-23(25)21(30)28(15-7-5-14(27)6-8-15)22(31)24(23,26)20(13)19-17(29)11-16(32-2)12-18(19)33-3/h4-9,11-12,20,29H,1,10H2,2-3H3. The average Bonchev–Trinajstić information content (AvgIpc) is 2.96. The number of methoxy groups -OCH3 is 2. The fourth-order valence-corrected chi connectivity index (χ4v) is 5.34. The zero-order valence-electron chi connectivity index (χ0n) is 17.8. The molecule has 3 unspecified atom stereocenters. The predicted molar refractivity (Wildman–Crippen MR) is 123 cm³/mol. The normalized spacial score (nSPS) is 26.6. The molecule has 1 fully saturated rings. The molecule has 9 heteroatoms. The van der Waals surface area contributed by atoms with E-state index in [4.69, 9.17) is 32.7 Å². The van der Waals surface area contributed by atoms with Gasteiger partial charge in [0.05, 0.1) is 19.9 Å². The van der Waals surface area contributed by atoms with Crippen LogP contribution in [0, 0.1) is 5.82 Å². The number of imide groups is 1. The average molecular weight is 492 g/mol. The van der Waals surface area contributed by atoms with Gasteiger partial charge in [-0.05, 0) is 36.3 Å².